The first-order chi connectivity index (χ1) is 5.66. The van der Waals surface area contributed by atoms with Gasteiger partial charge >= 0.3 is 0 Å². The maximum atomic E-state index is 3.49. The molecule has 84 valence electrons. The molecule has 0 saturated carbocycles. The van der Waals surface area contributed by atoms with Crippen molar-refractivity contribution in [2.24, 2.45) is 0 Å². The summed E-state index contributed by atoms with van der Waals surface area (Å²) >= 11 is 0. The first kappa shape index (κ1) is 36.0. The monoisotopic (exact) mass is 276 g/mol. The second-order valence-corrected chi connectivity index (χ2v) is 2.00. The van der Waals surface area contributed by atoms with Gasteiger partial charge in [0.15, 0.2) is 0 Å². The van der Waals surface area contributed by atoms with Gasteiger partial charge in [0.1, 0.15) is 0 Å². The van der Waals surface area contributed by atoms with Crippen LogP contribution in [0.4, 0.5) is 0 Å². The normalized spacial score (nSPS) is 5.14. The molecule has 0 aliphatic heterocycles. The van der Waals surface area contributed by atoms with Crippen LogP contribution in [0.2, 0.25) is 0 Å². The van der Waals surface area contributed by atoms with E-state index in [-0.39, 0.29) is 57.2 Å². The fourth-order valence-corrected chi connectivity index (χ4v) is 0. The van der Waals surface area contributed by atoms with Crippen LogP contribution in [-0.2, 0) is 19.5 Å². The van der Waals surface area contributed by atoms with Crippen LogP contribution in [-0.4, -0.2) is 37.7 Å². The Morgan fingerprint density at radius 3 is 0.571 bits per heavy atom. The van der Waals surface area contributed by atoms with Crippen LogP contribution < -0.4 is 0 Å². The Kier molecular flexibility index (Phi) is 213. The molecule has 0 unspecified atom stereocenters. The largest absolute Gasteiger partial charge is 0.344 e. The van der Waals surface area contributed by atoms with Crippen LogP contribution in [0, 0.1) is 27.7 Å². The Balaban J connectivity index is -0.0000000145. The molecule has 0 amide bonds. The molecular weight excluding hydrogens is 250 g/mol. The van der Waals surface area contributed by atoms with Gasteiger partial charge in [-0.3, -0.25) is 0 Å². The van der Waals surface area contributed by atoms with Crippen molar-refractivity contribution in [1.29, 1.82) is 0 Å². The van der Waals surface area contributed by atoms with E-state index in [4.69, 9.17) is 0 Å². The van der Waals surface area contributed by atoms with Gasteiger partial charge in [0.2, 0.25) is 0 Å². The van der Waals surface area contributed by atoms with Crippen molar-refractivity contribution in [2.75, 3.05) is 0 Å². The molecule has 0 aromatic heterocycles. The van der Waals surface area contributed by atoms with Crippen LogP contribution in [0.15, 0.2) is 0 Å². The predicted molar refractivity (Wildman–Crippen MR) is 68.3 cm³/mol. The number of hydrogen-bond donors (Lipinski definition) is 0. The van der Waals surface area contributed by atoms with E-state index in [1.807, 2.05) is 27.7 Å². The Morgan fingerprint density at radius 1 is 0.571 bits per heavy atom. The molecule has 2 radical (unpaired) electrons. The van der Waals surface area contributed by atoms with Gasteiger partial charge in [-0.15, -0.1) is 0 Å². The minimum Gasteiger partial charge on any atom is -0.344 e. The standard InChI is InChI=1S/4C3H7.Ca.Zn/c4*1-3-2;;/h4*1,3H2,2H3;;/q4*-1;;. The van der Waals surface area contributed by atoms with Crippen LogP contribution in [0.1, 0.15) is 53.4 Å². The SMILES string of the molecule is [CH2-]CC.[CH2-]CC.[CH2-]CC.[CH2-]CC.[Ca].[Zn]. The van der Waals surface area contributed by atoms with E-state index in [1.54, 1.807) is 0 Å². The van der Waals surface area contributed by atoms with Crippen molar-refractivity contribution in [3.05, 3.63) is 27.7 Å². The Labute approximate surface area is 137 Å². The topological polar surface area (TPSA) is 0 Å². The molecule has 0 nitrogen and oxygen atoms in total. The van der Waals surface area contributed by atoms with Crippen LogP contribution in [0.3, 0.4) is 0 Å². The summed E-state index contributed by atoms with van der Waals surface area (Å²) in [5, 5.41) is 0. The third kappa shape index (κ3) is 650. The van der Waals surface area contributed by atoms with Gasteiger partial charge in [-0.25, -0.2) is 0 Å². The molecule has 0 rings (SSSR count). The Morgan fingerprint density at radius 2 is 0.571 bits per heavy atom. The Bertz CT molecular complexity index is 18.3. The van der Waals surface area contributed by atoms with Gasteiger partial charge in [0, 0.05) is 57.2 Å². The second kappa shape index (κ2) is 82.9. The molecule has 0 saturated heterocycles. The maximum absolute atomic E-state index is 3.49. The molecule has 0 bridgehead atoms. The van der Waals surface area contributed by atoms with Gasteiger partial charge < -0.3 is 27.7 Å². The quantitative estimate of drug-likeness (QED) is 0.450. The second-order valence-electron chi connectivity index (χ2n) is 2.00. The summed E-state index contributed by atoms with van der Waals surface area (Å²) in [5.74, 6) is 0. The van der Waals surface area contributed by atoms with Gasteiger partial charge in [-0.05, 0) is 0 Å². The van der Waals surface area contributed by atoms with E-state index in [9.17, 15) is 0 Å². The molecular formula is C12H28CaZn-4. The minimum atomic E-state index is 0. The first-order valence-corrected chi connectivity index (χ1v) is 4.83. The number of hydrogen-bond acceptors (Lipinski definition) is 0. The smallest absolute Gasteiger partial charge is 0 e. The Hall–Kier alpha value is 1.88. The van der Waals surface area contributed by atoms with Crippen molar-refractivity contribution in [2.45, 2.75) is 53.4 Å². The summed E-state index contributed by atoms with van der Waals surface area (Å²) in [5.41, 5.74) is 0. The number of rotatable bonds is 0. The molecule has 0 aromatic carbocycles. The zero-order valence-corrected chi connectivity index (χ0v) is 16.2. The van der Waals surface area contributed by atoms with Gasteiger partial charge in [-0.1, -0.05) is 27.7 Å². The third-order valence-electron chi connectivity index (χ3n) is 0. The summed E-state index contributed by atoms with van der Waals surface area (Å²) < 4.78 is 0. The van der Waals surface area contributed by atoms with E-state index < -0.39 is 0 Å². The fourth-order valence-electron chi connectivity index (χ4n) is 0. The predicted octanol–water partition coefficient (Wildman–Crippen LogP) is 4.54. The molecule has 2 heteroatoms. The fraction of sp³-hybridized carbons (Fsp3) is 0.667. The molecule has 0 heterocycles. The van der Waals surface area contributed by atoms with Crippen molar-refractivity contribution in [1.82, 2.24) is 0 Å². The zero-order chi connectivity index (χ0) is 10.8. The van der Waals surface area contributed by atoms with E-state index in [1.165, 1.54) is 0 Å². The van der Waals surface area contributed by atoms with E-state index >= 15 is 0 Å². The molecule has 0 aromatic rings. The molecule has 0 atom stereocenters. The molecule has 14 heavy (non-hydrogen) atoms. The third-order valence-corrected chi connectivity index (χ3v) is 0. The minimum absolute atomic E-state index is 0. The van der Waals surface area contributed by atoms with Crippen molar-refractivity contribution in [3.8, 4) is 0 Å². The van der Waals surface area contributed by atoms with E-state index in [0.29, 0.717) is 0 Å². The van der Waals surface area contributed by atoms with Crippen molar-refractivity contribution >= 4 is 37.7 Å². The summed E-state index contributed by atoms with van der Waals surface area (Å²) in [6.45, 7) is 22.0. The summed E-state index contributed by atoms with van der Waals surface area (Å²) in [7, 11) is 0. The maximum Gasteiger partial charge on any atom is 0 e. The molecule has 0 aliphatic rings. The van der Waals surface area contributed by atoms with Crippen LogP contribution in [0.5, 0.6) is 0 Å². The molecule has 0 aliphatic carbocycles. The van der Waals surface area contributed by atoms with E-state index in [0.717, 1.165) is 25.7 Å². The average Bonchev–Trinajstić information content (AvgIpc) is 1.92. The molecule has 0 N–H and O–H groups in total. The van der Waals surface area contributed by atoms with Gasteiger partial charge in [0.25, 0.3) is 0 Å². The van der Waals surface area contributed by atoms with Crippen molar-refractivity contribution in [3.63, 3.8) is 0 Å². The summed E-state index contributed by atoms with van der Waals surface area (Å²) in [6.07, 6.45) is 4.00. The van der Waals surface area contributed by atoms with Gasteiger partial charge in [-0.2, -0.15) is 25.7 Å². The van der Waals surface area contributed by atoms with Crippen molar-refractivity contribution < 1.29 is 19.5 Å². The zero-order valence-electron chi connectivity index (χ0n) is 11.1. The average molecular weight is 278 g/mol. The van der Waals surface area contributed by atoms with Crippen LogP contribution in [0.25, 0.3) is 0 Å². The first-order valence-electron chi connectivity index (χ1n) is 4.83. The van der Waals surface area contributed by atoms with E-state index in [2.05, 4.69) is 27.7 Å². The summed E-state index contributed by atoms with van der Waals surface area (Å²) in [6, 6.07) is 0. The van der Waals surface area contributed by atoms with Crippen LogP contribution >= 0.6 is 0 Å². The molecule has 0 spiro atoms. The molecule has 0 fully saturated rings. The summed E-state index contributed by atoms with van der Waals surface area (Å²) in [4.78, 5) is 0. The van der Waals surface area contributed by atoms with Gasteiger partial charge in [0.05, 0.1) is 0 Å².